The molecule has 0 aliphatic rings. The summed E-state index contributed by atoms with van der Waals surface area (Å²) < 4.78 is 2.13. The Morgan fingerprint density at radius 2 is 2.00 bits per heavy atom. The van der Waals surface area contributed by atoms with Gasteiger partial charge >= 0.3 is 0 Å². The molecule has 1 aromatic heterocycles. The van der Waals surface area contributed by atoms with Crippen LogP contribution in [0, 0.1) is 6.92 Å². The average molecular weight is 241 g/mol. The van der Waals surface area contributed by atoms with E-state index in [-0.39, 0.29) is 5.54 Å². The van der Waals surface area contributed by atoms with Crippen molar-refractivity contribution in [1.82, 2.24) is 9.55 Å². The number of aromatic nitrogens is 2. The van der Waals surface area contributed by atoms with Gasteiger partial charge in [-0.1, -0.05) is 0 Å². The Morgan fingerprint density at radius 1 is 1.38 bits per heavy atom. The number of hydrogen-bond donors (Lipinski definition) is 1. The van der Waals surface area contributed by atoms with Crippen LogP contribution in [0.3, 0.4) is 0 Å². The first-order valence-electron chi connectivity index (χ1n) is 5.71. The fourth-order valence-electron chi connectivity index (χ4n) is 2.02. The number of anilines is 1. The Hall–Kier alpha value is -0.640. The number of nitrogen functional groups attached to an aromatic ring is 1. The number of nitrogens with two attached hydrogens (primary N) is 1. The SMILES string of the molecule is CSCCCc1nc(C)n(C(C)(C)C)c1N. The van der Waals surface area contributed by atoms with Crippen molar-refractivity contribution < 1.29 is 0 Å². The monoisotopic (exact) mass is 241 g/mol. The van der Waals surface area contributed by atoms with Gasteiger partial charge in [0.15, 0.2) is 0 Å². The second kappa shape index (κ2) is 5.13. The van der Waals surface area contributed by atoms with E-state index in [1.54, 1.807) is 0 Å². The zero-order valence-corrected chi connectivity index (χ0v) is 11.8. The molecule has 2 N–H and O–H groups in total. The summed E-state index contributed by atoms with van der Waals surface area (Å²) >= 11 is 1.87. The molecule has 0 aliphatic carbocycles. The van der Waals surface area contributed by atoms with Gasteiger partial charge in [-0.15, -0.1) is 0 Å². The Kier molecular flexibility index (Phi) is 4.30. The van der Waals surface area contributed by atoms with E-state index in [9.17, 15) is 0 Å². The highest BCUT2D eigenvalue weighted by atomic mass is 32.2. The molecule has 0 fully saturated rings. The molecular formula is C12H23N3S. The minimum Gasteiger partial charge on any atom is -0.384 e. The zero-order valence-electron chi connectivity index (χ0n) is 11.0. The van der Waals surface area contributed by atoms with Crippen LogP contribution >= 0.6 is 11.8 Å². The van der Waals surface area contributed by atoms with Crippen molar-refractivity contribution in [3.63, 3.8) is 0 Å². The van der Waals surface area contributed by atoms with Crippen LogP contribution in [0.4, 0.5) is 5.82 Å². The highest BCUT2D eigenvalue weighted by molar-refractivity contribution is 7.98. The van der Waals surface area contributed by atoms with Crippen LogP contribution in [-0.2, 0) is 12.0 Å². The summed E-state index contributed by atoms with van der Waals surface area (Å²) in [4.78, 5) is 4.58. The quantitative estimate of drug-likeness (QED) is 0.824. The van der Waals surface area contributed by atoms with Gasteiger partial charge in [-0.05, 0) is 52.5 Å². The van der Waals surface area contributed by atoms with Crippen LogP contribution in [0.25, 0.3) is 0 Å². The lowest BCUT2D eigenvalue weighted by Gasteiger charge is -2.24. The molecule has 1 rings (SSSR count). The summed E-state index contributed by atoms with van der Waals surface area (Å²) in [6.07, 6.45) is 4.25. The maximum Gasteiger partial charge on any atom is 0.127 e. The predicted molar refractivity (Wildman–Crippen MR) is 73.1 cm³/mol. The predicted octanol–water partition coefficient (Wildman–Crippen LogP) is 2.82. The normalized spacial score (nSPS) is 12.1. The molecule has 0 bridgehead atoms. The van der Waals surface area contributed by atoms with E-state index in [2.05, 4.69) is 36.6 Å². The van der Waals surface area contributed by atoms with E-state index >= 15 is 0 Å². The summed E-state index contributed by atoms with van der Waals surface area (Å²) in [6.45, 7) is 8.50. The lowest BCUT2D eigenvalue weighted by Crippen LogP contribution is -2.24. The highest BCUT2D eigenvalue weighted by Gasteiger charge is 2.21. The third kappa shape index (κ3) is 2.94. The third-order valence-corrected chi connectivity index (χ3v) is 3.29. The second-order valence-corrected chi connectivity index (χ2v) is 6.08. The lowest BCUT2D eigenvalue weighted by atomic mass is 10.1. The Labute approximate surface area is 103 Å². The van der Waals surface area contributed by atoms with Crippen LogP contribution in [0.1, 0.15) is 38.7 Å². The standard InChI is InChI=1S/C12H23N3S/c1-9-14-10(7-6-8-16-5)11(13)15(9)12(2,3)4/h6-8,13H2,1-5H3. The first kappa shape index (κ1) is 13.4. The molecule has 4 heteroatoms. The van der Waals surface area contributed by atoms with Crippen molar-refractivity contribution in [2.24, 2.45) is 0 Å². The van der Waals surface area contributed by atoms with Gasteiger partial charge in [0.25, 0.3) is 0 Å². The van der Waals surface area contributed by atoms with Crippen molar-refractivity contribution in [2.75, 3.05) is 17.7 Å². The van der Waals surface area contributed by atoms with Crippen LogP contribution in [0.15, 0.2) is 0 Å². The van der Waals surface area contributed by atoms with Crippen LogP contribution in [0.2, 0.25) is 0 Å². The Bertz CT molecular complexity index is 350. The smallest absolute Gasteiger partial charge is 0.127 e. The summed E-state index contributed by atoms with van der Waals surface area (Å²) in [5, 5.41) is 0. The number of thioether (sulfide) groups is 1. The van der Waals surface area contributed by atoms with Crippen LogP contribution in [0.5, 0.6) is 0 Å². The minimum absolute atomic E-state index is 0.0128. The van der Waals surface area contributed by atoms with E-state index < -0.39 is 0 Å². The van der Waals surface area contributed by atoms with Gasteiger partial charge < -0.3 is 10.3 Å². The molecule has 3 nitrogen and oxygen atoms in total. The van der Waals surface area contributed by atoms with E-state index in [1.807, 2.05) is 18.7 Å². The largest absolute Gasteiger partial charge is 0.384 e. The van der Waals surface area contributed by atoms with Crippen molar-refractivity contribution >= 4 is 17.6 Å². The molecule has 0 aromatic carbocycles. The molecule has 0 radical (unpaired) electrons. The zero-order chi connectivity index (χ0) is 12.3. The average Bonchev–Trinajstić information content (AvgIpc) is 2.41. The van der Waals surface area contributed by atoms with Gasteiger partial charge in [-0.3, -0.25) is 0 Å². The Morgan fingerprint density at radius 3 is 2.44 bits per heavy atom. The molecular weight excluding hydrogens is 218 g/mol. The number of rotatable bonds is 4. The molecule has 16 heavy (non-hydrogen) atoms. The van der Waals surface area contributed by atoms with E-state index in [0.29, 0.717) is 0 Å². The van der Waals surface area contributed by atoms with Crippen molar-refractivity contribution in [2.45, 2.75) is 46.1 Å². The minimum atomic E-state index is 0.0128. The van der Waals surface area contributed by atoms with Crippen LogP contribution < -0.4 is 5.73 Å². The molecule has 0 saturated heterocycles. The van der Waals surface area contributed by atoms with E-state index in [4.69, 9.17) is 5.73 Å². The molecule has 0 unspecified atom stereocenters. The van der Waals surface area contributed by atoms with Gasteiger partial charge in [0.2, 0.25) is 0 Å². The molecule has 0 spiro atoms. The molecule has 0 saturated carbocycles. The van der Waals surface area contributed by atoms with Crippen LogP contribution in [-0.4, -0.2) is 21.6 Å². The molecule has 0 amide bonds. The van der Waals surface area contributed by atoms with Gasteiger partial charge in [0.1, 0.15) is 11.6 Å². The van der Waals surface area contributed by atoms with Crippen molar-refractivity contribution in [3.8, 4) is 0 Å². The fraction of sp³-hybridized carbons (Fsp3) is 0.750. The highest BCUT2D eigenvalue weighted by Crippen LogP contribution is 2.25. The summed E-state index contributed by atoms with van der Waals surface area (Å²) in [7, 11) is 0. The fourth-order valence-corrected chi connectivity index (χ4v) is 2.45. The molecule has 1 aromatic rings. The number of imidazole rings is 1. The van der Waals surface area contributed by atoms with Gasteiger partial charge in [0, 0.05) is 5.54 Å². The number of hydrogen-bond acceptors (Lipinski definition) is 3. The summed E-state index contributed by atoms with van der Waals surface area (Å²) in [5.74, 6) is 3.02. The van der Waals surface area contributed by atoms with Gasteiger partial charge in [-0.2, -0.15) is 11.8 Å². The number of aryl methyl sites for hydroxylation is 2. The molecule has 0 aliphatic heterocycles. The maximum atomic E-state index is 6.17. The van der Waals surface area contributed by atoms with E-state index in [1.165, 1.54) is 5.75 Å². The lowest BCUT2D eigenvalue weighted by molar-refractivity contribution is 0.393. The third-order valence-electron chi connectivity index (χ3n) is 2.59. The topological polar surface area (TPSA) is 43.8 Å². The van der Waals surface area contributed by atoms with Gasteiger partial charge in [-0.25, -0.2) is 4.98 Å². The molecule has 1 heterocycles. The second-order valence-electron chi connectivity index (χ2n) is 5.09. The van der Waals surface area contributed by atoms with Crippen molar-refractivity contribution in [3.05, 3.63) is 11.5 Å². The summed E-state index contributed by atoms with van der Waals surface area (Å²) in [5.41, 5.74) is 7.24. The first-order chi connectivity index (χ1) is 7.38. The Balaban J connectivity index is 2.89. The van der Waals surface area contributed by atoms with Gasteiger partial charge in [0.05, 0.1) is 5.69 Å². The maximum absolute atomic E-state index is 6.17. The van der Waals surface area contributed by atoms with Crippen molar-refractivity contribution in [1.29, 1.82) is 0 Å². The molecule has 0 atom stereocenters. The van der Waals surface area contributed by atoms with E-state index in [0.717, 1.165) is 30.2 Å². The summed E-state index contributed by atoms with van der Waals surface area (Å²) in [6, 6.07) is 0. The first-order valence-corrected chi connectivity index (χ1v) is 7.10. The molecule has 92 valence electrons. The number of nitrogens with zero attached hydrogens (tertiary/aromatic N) is 2.